The average Bonchev–Trinajstić information content (AvgIpc) is 2.53. The monoisotopic (exact) mass is 346 g/mol. The third-order valence-corrected chi connectivity index (χ3v) is 4.44. The summed E-state index contributed by atoms with van der Waals surface area (Å²) in [5, 5.41) is 10.1. The van der Waals surface area contributed by atoms with E-state index in [1.807, 2.05) is 0 Å². The summed E-state index contributed by atoms with van der Waals surface area (Å²) in [6.45, 7) is 0. The van der Waals surface area contributed by atoms with E-state index in [-0.39, 0.29) is 41.5 Å². The van der Waals surface area contributed by atoms with Gasteiger partial charge in [0.2, 0.25) is 0 Å². The molecule has 2 aromatic carbocycles. The molecular formula is C18H18O5S. The predicted octanol–water partition coefficient (Wildman–Crippen LogP) is 2.17. The number of sulfone groups is 1. The van der Waals surface area contributed by atoms with Crippen molar-refractivity contribution in [3.63, 3.8) is 0 Å². The summed E-state index contributed by atoms with van der Waals surface area (Å²) in [5.74, 6) is -0.926. The van der Waals surface area contributed by atoms with Crippen molar-refractivity contribution in [3.8, 4) is 5.75 Å². The fraction of sp³-hybridized carbons (Fsp3) is 0.222. The van der Waals surface area contributed by atoms with Gasteiger partial charge in [0.05, 0.1) is 11.3 Å². The molecule has 24 heavy (non-hydrogen) atoms. The Morgan fingerprint density at radius 1 is 1.04 bits per heavy atom. The number of hydrogen-bond donors (Lipinski definition) is 1. The number of Topliss-reactive ketones (excluding diaryl/α,β-unsaturated/α-hetero) is 1. The molecular weight excluding hydrogens is 328 g/mol. The fourth-order valence-electron chi connectivity index (χ4n) is 2.24. The van der Waals surface area contributed by atoms with E-state index in [0.717, 1.165) is 6.26 Å². The molecule has 0 spiro atoms. The van der Waals surface area contributed by atoms with Crippen molar-refractivity contribution < 1.29 is 23.1 Å². The van der Waals surface area contributed by atoms with Crippen LogP contribution in [-0.4, -0.2) is 37.1 Å². The van der Waals surface area contributed by atoms with E-state index >= 15 is 0 Å². The Morgan fingerprint density at radius 3 is 2.29 bits per heavy atom. The lowest BCUT2D eigenvalue weighted by Crippen LogP contribution is -2.11. The Bertz CT molecular complexity index is 854. The van der Waals surface area contributed by atoms with Gasteiger partial charge in [-0.25, -0.2) is 8.42 Å². The maximum absolute atomic E-state index is 12.3. The topological polar surface area (TPSA) is 88.5 Å². The maximum atomic E-state index is 12.3. The van der Waals surface area contributed by atoms with Crippen molar-refractivity contribution in [2.75, 3.05) is 12.0 Å². The van der Waals surface area contributed by atoms with Crippen LogP contribution in [0.2, 0.25) is 0 Å². The predicted molar refractivity (Wildman–Crippen MR) is 91.0 cm³/mol. The Morgan fingerprint density at radius 2 is 1.71 bits per heavy atom. The number of rotatable bonds is 7. The second-order valence-electron chi connectivity index (χ2n) is 5.64. The summed E-state index contributed by atoms with van der Waals surface area (Å²) in [4.78, 5) is 24.1. The number of benzene rings is 2. The molecule has 6 heteroatoms. The molecule has 0 bridgehead atoms. The Hall–Kier alpha value is -2.47. The van der Waals surface area contributed by atoms with Gasteiger partial charge in [-0.1, -0.05) is 36.4 Å². The van der Waals surface area contributed by atoms with Crippen LogP contribution in [0.5, 0.6) is 5.75 Å². The minimum atomic E-state index is -3.18. The van der Waals surface area contributed by atoms with E-state index in [2.05, 4.69) is 0 Å². The molecule has 0 aliphatic carbocycles. The molecule has 2 rings (SSSR count). The summed E-state index contributed by atoms with van der Waals surface area (Å²) in [6.07, 6.45) is 1.03. The number of aromatic hydroxyl groups is 1. The van der Waals surface area contributed by atoms with E-state index in [1.54, 1.807) is 36.4 Å². The molecule has 0 atom stereocenters. The quantitative estimate of drug-likeness (QED) is 0.776. The summed E-state index contributed by atoms with van der Waals surface area (Å²) in [5.41, 5.74) is 1.16. The highest BCUT2D eigenvalue weighted by molar-refractivity contribution is 7.90. The van der Waals surface area contributed by atoms with Gasteiger partial charge >= 0.3 is 0 Å². The van der Waals surface area contributed by atoms with Crippen LogP contribution in [-0.2, 0) is 21.1 Å². The number of hydrogen-bond acceptors (Lipinski definition) is 5. The molecule has 0 amide bonds. The number of carbonyl (C=O) groups is 2. The van der Waals surface area contributed by atoms with Crippen LogP contribution in [0.3, 0.4) is 0 Å². The van der Waals surface area contributed by atoms with Gasteiger partial charge in [-0.2, -0.15) is 0 Å². The highest BCUT2D eigenvalue weighted by Gasteiger charge is 2.15. The fourth-order valence-corrected chi connectivity index (χ4v) is 2.84. The van der Waals surface area contributed by atoms with Crippen molar-refractivity contribution in [2.24, 2.45) is 0 Å². The molecule has 2 aromatic rings. The first-order valence-corrected chi connectivity index (χ1v) is 9.43. The molecule has 0 saturated carbocycles. The van der Waals surface area contributed by atoms with E-state index in [1.165, 1.54) is 12.1 Å². The third kappa shape index (κ3) is 5.03. The lowest BCUT2D eigenvalue weighted by Gasteiger charge is -2.07. The normalized spacial score (nSPS) is 11.2. The highest BCUT2D eigenvalue weighted by atomic mass is 32.2. The van der Waals surface area contributed by atoms with Gasteiger partial charge in [0.15, 0.2) is 5.78 Å². The van der Waals surface area contributed by atoms with Gasteiger partial charge in [-0.15, -0.1) is 0 Å². The molecule has 0 aliphatic heterocycles. The van der Waals surface area contributed by atoms with Crippen molar-refractivity contribution in [3.05, 3.63) is 65.2 Å². The summed E-state index contributed by atoms with van der Waals surface area (Å²) < 4.78 is 22.1. The van der Waals surface area contributed by atoms with Crippen molar-refractivity contribution in [1.29, 1.82) is 0 Å². The Kier molecular flexibility index (Phi) is 5.51. The molecule has 0 aliphatic rings. The van der Waals surface area contributed by atoms with E-state index in [4.69, 9.17) is 0 Å². The van der Waals surface area contributed by atoms with E-state index < -0.39 is 9.84 Å². The van der Waals surface area contributed by atoms with Crippen molar-refractivity contribution in [2.45, 2.75) is 12.8 Å². The summed E-state index contributed by atoms with van der Waals surface area (Å²) >= 11 is 0. The Balaban J connectivity index is 2.10. The second-order valence-corrected chi connectivity index (χ2v) is 7.90. The Labute approximate surface area is 140 Å². The van der Waals surface area contributed by atoms with E-state index in [9.17, 15) is 23.1 Å². The maximum Gasteiger partial charge on any atom is 0.196 e. The zero-order valence-corrected chi connectivity index (χ0v) is 14.0. The number of phenolic OH excluding ortho intramolecular Hbond substituents is 1. The van der Waals surface area contributed by atoms with Crippen LogP contribution in [0.25, 0.3) is 0 Å². The number of phenols is 1. The zero-order valence-electron chi connectivity index (χ0n) is 13.2. The van der Waals surface area contributed by atoms with Gasteiger partial charge in [-0.3, -0.25) is 9.59 Å². The van der Waals surface area contributed by atoms with E-state index in [0.29, 0.717) is 11.1 Å². The zero-order chi connectivity index (χ0) is 17.7. The van der Waals surface area contributed by atoms with Crippen LogP contribution < -0.4 is 0 Å². The average molecular weight is 346 g/mol. The standard InChI is InChI=1S/C18H18O5S/c1-24(22,23)10-9-15(19)11-13-7-8-16(17(20)12-13)18(21)14-5-3-2-4-6-14/h2-8,12,20H,9-11H2,1H3. The van der Waals surface area contributed by atoms with Gasteiger partial charge in [0.1, 0.15) is 21.4 Å². The molecule has 5 nitrogen and oxygen atoms in total. The third-order valence-electron chi connectivity index (χ3n) is 3.50. The first kappa shape index (κ1) is 17.9. The second kappa shape index (κ2) is 7.40. The minimum absolute atomic E-state index is 0.0168. The first-order valence-electron chi connectivity index (χ1n) is 7.37. The minimum Gasteiger partial charge on any atom is -0.507 e. The number of carbonyl (C=O) groups excluding carboxylic acids is 2. The van der Waals surface area contributed by atoms with Gasteiger partial charge in [0, 0.05) is 24.7 Å². The van der Waals surface area contributed by atoms with Crippen LogP contribution in [0, 0.1) is 0 Å². The molecule has 0 unspecified atom stereocenters. The van der Waals surface area contributed by atoms with Crippen LogP contribution in [0.15, 0.2) is 48.5 Å². The molecule has 0 saturated heterocycles. The van der Waals surface area contributed by atoms with Crippen LogP contribution >= 0.6 is 0 Å². The molecule has 0 fully saturated rings. The molecule has 0 aromatic heterocycles. The highest BCUT2D eigenvalue weighted by Crippen LogP contribution is 2.22. The molecule has 0 heterocycles. The molecule has 0 radical (unpaired) electrons. The van der Waals surface area contributed by atoms with Crippen LogP contribution in [0.1, 0.15) is 27.9 Å². The largest absolute Gasteiger partial charge is 0.507 e. The van der Waals surface area contributed by atoms with Crippen molar-refractivity contribution in [1.82, 2.24) is 0 Å². The van der Waals surface area contributed by atoms with Gasteiger partial charge in [-0.05, 0) is 17.7 Å². The SMILES string of the molecule is CS(=O)(=O)CCC(=O)Cc1ccc(C(=O)c2ccccc2)c(O)c1. The van der Waals surface area contributed by atoms with Gasteiger partial charge in [0.25, 0.3) is 0 Å². The summed E-state index contributed by atoms with van der Waals surface area (Å²) in [6, 6.07) is 13.0. The van der Waals surface area contributed by atoms with Crippen molar-refractivity contribution >= 4 is 21.4 Å². The number of ketones is 2. The smallest absolute Gasteiger partial charge is 0.196 e. The lowest BCUT2D eigenvalue weighted by atomic mass is 9.99. The molecule has 126 valence electrons. The summed E-state index contributed by atoms with van der Waals surface area (Å²) in [7, 11) is -3.18. The lowest BCUT2D eigenvalue weighted by molar-refractivity contribution is -0.118. The van der Waals surface area contributed by atoms with Gasteiger partial charge < -0.3 is 5.11 Å². The first-order chi connectivity index (χ1) is 11.3. The van der Waals surface area contributed by atoms with Crippen LogP contribution in [0.4, 0.5) is 0 Å². The molecule has 1 N–H and O–H groups in total.